The van der Waals surface area contributed by atoms with E-state index in [1.165, 1.54) is 15.6 Å². The maximum Gasteiger partial charge on any atom is 0.128 e. The Kier molecular flexibility index (Phi) is 2.22. The molecule has 0 amide bonds. The molecule has 1 aromatic carbocycles. The fourth-order valence-corrected chi connectivity index (χ4v) is 2.62. The monoisotopic (exact) mass is 210 g/mol. The molecule has 3 heteroatoms. The second-order valence-electron chi connectivity index (χ2n) is 2.89. The summed E-state index contributed by atoms with van der Waals surface area (Å²) in [7, 11) is 1.69. The number of rotatable bonds is 1. The van der Waals surface area contributed by atoms with Crippen molar-refractivity contribution in [1.29, 1.82) is 0 Å². The van der Waals surface area contributed by atoms with Crippen molar-refractivity contribution in [3.8, 4) is 5.75 Å². The fraction of sp³-hybridized carbons (Fsp3) is 0.200. The molecular weight excluding hydrogens is 200 g/mol. The smallest absolute Gasteiger partial charge is 0.128 e. The molecule has 13 heavy (non-hydrogen) atoms. The summed E-state index contributed by atoms with van der Waals surface area (Å²) in [5.74, 6) is 0.909. The number of aryl methyl sites for hydroxylation is 1. The van der Waals surface area contributed by atoms with Gasteiger partial charge >= 0.3 is 0 Å². The predicted octanol–water partition coefficient (Wildman–Crippen LogP) is 3.51. The van der Waals surface area contributed by atoms with Gasteiger partial charge in [-0.2, -0.15) is 0 Å². The number of ether oxygens (including phenoxy) is 1. The lowest BCUT2D eigenvalue weighted by Gasteiger charge is -2.06. The summed E-state index contributed by atoms with van der Waals surface area (Å²) in [4.78, 5) is 0.992. The van der Waals surface area contributed by atoms with Gasteiger partial charge < -0.3 is 4.74 Å². The van der Waals surface area contributed by atoms with Crippen LogP contribution >= 0.6 is 24.0 Å². The Morgan fingerprint density at radius 3 is 2.92 bits per heavy atom. The van der Waals surface area contributed by atoms with Crippen molar-refractivity contribution in [3.63, 3.8) is 0 Å². The van der Waals surface area contributed by atoms with Crippen LogP contribution in [0.25, 0.3) is 10.1 Å². The largest absolute Gasteiger partial charge is 0.496 e. The number of thiophene rings is 1. The highest BCUT2D eigenvalue weighted by atomic mass is 32.1. The first-order valence-electron chi connectivity index (χ1n) is 3.98. The number of thiol groups is 1. The average molecular weight is 210 g/mol. The summed E-state index contributed by atoms with van der Waals surface area (Å²) in [6, 6.07) is 4.05. The number of benzene rings is 1. The van der Waals surface area contributed by atoms with Crippen LogP contribution in [0.4, 0.5) is 0 Å². The van der Waals surface area contributed by atoms with Gasteiger partial charge in [-0.05, 0) is 30.0 Å². The minimum Gasteiger partial charge on any atom is -0.496 e. The van der Waals surface area contributed by atoms with E-state index in [-0.39, 0.29) is 0 Å². The van der Waals surface area contributed by atoms with Crippen molar-refractivity contribution in [1.82, 2.24) is 0 Å². The molecular formula is C10H10OS2. The minimum atomic E-state index is 0.909. The molecule has 0 aliphatic heterocycles. The highest BCUT2D eigenvalue weighted by Crippen LogP contribution is 2.35. The lowest BCUT2D eigenvalue weighted by Crippen LogP contribution is -1.85. The third kappa shape index (κ3) is 1.32. The lowest BCUT2D eigenvalue weighted by molar-refractivity contribution is 0.419. The highest BCUT2D eigenvalue weighted by Gasteiger charge is 2.07. The predicted molar refractivity (Wildman–Crippen MR) is 60.4 cm³/mol. The van der Waals surface area contributed by atoms with Crippen molar-refractivity contribution < 1.29 is 4.74 Å². The van der Waals surface area contributed by atoms with Gasteiger partial charge in [0.25, 0.3) is 0 Å². The van der Waals surface area contributed by atoms with E-state index < -0.39 is 0 Å². The fourth-order valence-electron chi connectivity index (χ4n) is 1.39. The molecule has 1 nitrogen and oxygen atoms in total. The van der Waals surface area contributed by atoms with Crippen molar-refractivity contribution in [2.24, 2.45) is 0 Å². The summed E-state index contributed by atoms with van der Waals surface area (Å²) in [5.41, 5.74) is 1.23. The summed E-state index contributed by atoms with van der Waals surface area (Å²) in [5, 5.41) is 3.26. The van der Waals surface area contributed by atoms with Crippen LogP contribution in [0.2, 0.25) is 0 Å². The molecule has 0 aliphatic rings. The lowest BCUT2D eigenvalue weighted by atomic mass is 10.1. The van der Waals surface area contributed by atoms with Crippen LogP contribution in [-0.4, -0.2) is 7.11 Å². The van der Waals surface area contributed by atoms with Crippen molar-refractivity contribution in [2.75, 3.05) is 7.11 Å². The summed E-state index contributed by atoms with van der Waals surface area (Å²) in [6.07, 6.45) is 0. The molecule has 0 N–H and O–H groups in total. The first-order valence-corrected chi connectivity index (χ1v) is 5.30. The van der Waals surface area contributed by atoms with Crippen molar-refractivity contribution in [3.05, 3.63) is 23.1 Å². The van der Waals surface area contributed by atoms with Crippen LogP contribution in [0.3, 0.4) is 0 Å². The van der Waals surface area contributed by atoms with Crippen LogP contribution in [0, 0.1) is 6.92 Å². The van der Waals surface area contributed by atoms with Crippen molar-refractivity contribution >= 4 is 34.1 Å². The second-order valence-corrected chi connectivity index (χ2v) is 4.28. The van der Waals surface area contributed by atoms with Gasteiger partial charge in [-0.15, -0.1) is 24.0 Å². The van der Waals surface area contributed by atoms with Gasteiger partial charge in [-0.25, -0.2) is 0 Å². The number of hydrogen-bond acceptors (Lipinski definition) is 3. The van der Waals surface area contributed by atoms with E-state index in [1.54, 1.807) is 18.4 Å². The maximum absolute atomic E-state index is 5.28. The van der Waals surface area contributed by atoms with Crippen LogP contribution in [0.5, 0.6) is 5.75 Å². The molecule has 0 unspecified atom stereocenters. The molecule has 0 fully saturated rings. The first kappa shape index (κ1) is 8.91. The maximum atomic E-state index is 5.28. The Bertz CT molecular complexity index is 445. The average Bonchev–Trinajstić information content (AvgIpc) is 2.60. The molecule has 0 aliphatic carbocycles. The van der Waals surface area contributed by atoms with Gasteiger partial charge in [0, 0.05) is 15.0 Å². The normalized spacial score (nSPS) is 10.7. The van der Waals surface area contributed by atoms with E-state index in [4.69, 9.17) is 4.74 Å². The Morgan fingerprint density at radius 2 is 2.23 bits per heavy atom. The van der Waals surface area contributed by atoms with E-state index in [0.717, 1.165) is 10.6 Å². The van der Waals surface area contributed by atoms with E-state index in [1.807, 2.05) is 6.07 Å². The molecule has 1 aromatic heterocycles. The van der Waals surface area contributed by atoms with E-state index >= 15 is 0 Å². The SMILES string of the molecule is COc1cc(S)c(C)c2sccc12. The van der Waals surface area contributed by atoms with Gasteiger partial charge in [-0.3, -0.25) is 0 Å². The zero-order valence-corrected chi connectivity index (χ0v) is 9.21. The molecule has 2 aromatic rings. The Balaban J connectivity index is 2.87. The zero-order chi connectivity index (χ0) is 9.42. The molecule has 2 rings (SSSR count). The van der Waals surface area contributed by atoms with Crippen LogP contribution in [0.15, 0.2) is 22.4 Å². The summed E-state index contributed by atoms with van der Waals surface area (Å²) in [6.45, 7) is 2.08. The molecule has 0 bridgehead atoms. The molecule has 68 valence electrons. The quantitative estimate of drug-likeness (QED) is 0.709. The molecule has 0 atom stereocenters. The Morgan fingerprint density at radius 1 is 1.46 bits per heavy atom. The summed E-state index contributed by atoms with van der Waals surface area (Å²) >= 11 is 6.13. The van der Waals surface area contributed by atoms with Crippen LogP contribution < -0.4 is 4.74 Å². The third-order valence-electron chi connectivity index (χ3n) is 2.14. The van der Waals surface area contributed by atoms with E-state index in [0.29, 0.717) is 0 Å². The highest BCUT2D eigenvalue weighted by molar-refractivity contribution is 7.80. The number of fused-ring (bicyclic) bond motifs is 1. The number of methoxy groups -OCH3 is 1. The Hall–Kier alpha value is -0.670. The van der Waals surface area contributed by atoms with Gasteiger partial charge in [-0.1, -0.05) is 0 Å². The van der Waals surface area contributed by atoms with Crippen molar-refractivity contribution in [2.45, 2.75) is 11.8 Å². The molecule has 0 saturated carbocycles. The topological polar surface area (TPSA) is 9.23 Å². The van der Waals surface area contributed by atoms with Gasteiger partial charge in [0.1, 0.15) is 5.75 Å². The van der Waals surface area contributed by atoms with Gasteiger partial charge in [0.15, 0.2) is 0 Å². The summed E-state index contributed by atoms with van der Waals surface area (Å²) < 4.78 is 6.55. The second kappa shape index (κ2) is 3.24. The van der Waals surface area contributed by atoms with E-state index in [2.05, 4.69) is 31.0 Å². The number of hydrogen-bond donors (Lipinski definition) is 1. The zero-order valence-electron chi connectivity index (χ0n) is 7.50. The minimum absolute atomic E-state index is 0.909. The third-order valence-corrected chi connectivity index (χ3v) is 3.64. The Labute approximate surface area is 86.8 Å². The van der Waals surface area contributed by atoms with Crippen LogP contribution in [0.1, 0.15) is 5.56 Å². The molecule has 0 radical (unpaired) electrons. The van der Waals surface area contributed by atoms with Crippen LogP contribution in [-0.2, 0) is 0 Å². The molecule has 0 spiro atoms. The van der Waals surface area contributed by atoms with Gasteiger partial charge in [0.2, 0.25) is 0 Å². The van der Waals surface area contributed by atoms with Gasteiger partial charge in [0.05, 0.1) is 7.11 Å². The molecule has 0 saturated heterocycles. The first-order chi connectivity index (χ1) is 6.24. The van der Waals surface area contributed by atoms with E-state index in [9.17, 15) is 0 Å². The standard InChI is InChI=1S/C10H10OS2/c1-6-9(12)5-8(11-2)7-3-4-13-10(6)7/h3-5,12H,1-2H3. The molecule has 1 heterocycles.